The van der Waals surface area contributed by atoms with E-state index in [1.807, 2.05) is 0 Å². The van der Waals surface area contributed by atoms with Crippen LogP contribution in [-0.2, 0) is 0 Å². The van der Waals surface area contributed by atoms with Gasteiger partial charge in [0.25, 0.3) is 5.91 Å². The maximum Gasteiger partial charge on any atom is 0.251 e. The van der Waals surface area contributed by atoms with Gasteiger partial charge in [0, 0.05) is 43.5 Å². The molecule has 0 aliphatic carbocycles. The van der Waals surface area contributed by atoms with Crippen LogP contribution in [0.15, 0.2) is 24.3 Å². The lowest BCUT2D eigenvalue weighted by Crippen LogP contribution is -2.54. The number of amides is 1. The summed E-state index contributed by atoms with van der Waals surface area (Å²) in [4.78, 5) is 16.6. The molecule has 1 atom stereocenters. The summed E-state index contributed by atoms with van der Waals surface area (Å²) < 4.78 is 0. The number of nitrogens with two attached hydrogens (primary N) is 1. The molecule has 2 rings (SSSR count). The average Bonchev–Trinajstić information content (AvgIpc) is 2.39. The number of piperazine rings is 1. The van der Waals surface area contributed by atoms with Gasteiger partial charge in [-0.1, -0.05) is 6.07 Å². The van der Waals surface area contributed by atoms with Gasteiger partial charge in [-0.3, -0.25) is 9.69 Å². The molecule has 1 aromatic rings. The van der Waals surface area contributed by atoms with Crippen molar-refractivity contribution in [3.63, 3.8) is 0 Å². The normalized spacial score (nSPS) is 21.3. The molecule has 3 N–H and O–H groups in total. The molecular formula is C14H22N4O. The first-order chi connectivity index (χ1) is 9.06. The quantitative estimate of drug-likeness (QED) is 0.766. The lowest BCUT2D eigenvalue weighted by Gasteiger charge is -2.37. The zero-order valence-corrected chi connectivity index (χ0v) is 11.6. The van der Waals surface area contributed by atoms with Crippen LogP contribution in [-0.4, -0.2) is 62.0 Å². The van der Waals surface area contributed by atoms with Crippen molar-refractivity contribution in [3.8, 4) is 0 Å². The van der Waals surface area contributed by atoms with Crippen molar-refractivity contribution in [2.24, 2.45) is 0 Å². The van der Waals surface area contributed by atoms with Gasteiger partial charge in [-0.15, -0.1) is 0 Å². The minimum Gasteiger partial charge on any atom is -0.399 e. The number of benzene rings is 1. The van der Waals surface area contributed by atoms with E-state index < -0.39 is 0 Å². The number of carbonyl (C=O) groups is 1. The fourth-order valence-electron chi connectivity index (χ4n) is 2.31. The van der Waals surface area contributed by atoms with Crippen molar-refractivity contribution in [2.45, 2.75) is 6.04 Å². The smallest absolute Gasteiger partial charge is 0.251 e. The molecule has 1 aromatic carbocycles. The van der Waals surface area contributed by atoms with Gasteiger partial charge in [0.1, 0.15) is 0 Å². The lowest BCUT2D eigenvalue weighted by atomic mass is 10.1. The molecule has 104 valence electrons. The first kappa shape index (κ1) is 13.8. The molecular weight excluding hydrogens is 240 g/mol. The van der Waals surface area contributed by atoms with Gasteiger partial charge in [-0.05, 0) is 32.3 Å². The predicted molar refractivity (Wildman–Crippen MR) is 77.1 cm³/mol. The van der Waals surface area contributed by atoms with Crippen molar-refractivity contribution in [1.82, 2.24) is 15.1 Å². The van der Waals surface area contributed by atoms with E-state index >= 15 is 0 Å². The standard InChI is InChI=1S/C14H22N4O/c1-17-6-7-18(2)13(10-17)9-16-14(19)11-4-3-5-12(15)8-11/h3-5,8,13H,6-7,9-10,15H2,1-2H3,(H,16,19). The molecule has 1 fully saturated rings. The van der Waals surface area contributed by atoms with E-state index in [4.69, 9.17) is 5.73 Å². The van der Waals surface area contributed by atoms with Gasteiger partial charge in [0.2, 0.25) is 0 Å². The number of carbonyl (C=O) groups excluding carboxylic acids is 1. The summed E-state index contributed by atoms with van der Waals surface area (Å²) in [5, 5.41) is 2.98. The summed E-state index contributed by atoms with van der Waals surface area (Å²) in [6.07, 6.45) is 0. The molecule has 0 bridgehead atoms. The molecule has 1 aliphatic heterocycles. The van der Waals surface area contributed by atoms with Crippen LogP contribution in [0.4, 0.5) is 5.69 Å². The topological polar surface area (TPSA) is 61.6 Å². The molecule has 1 unspecified atom stereocenters. The molecule has 0 radical (unpaired) electrons. The van der Waals surface area contributed by atoms with Gasteiger partial charge >= 0.3 is 0 Å². The van der Waals surface area contributed by atoms with Gasteiger partial charge < -0.3 is 16.0 Å². The molecule has 0 saturated carbocycles. The maximum absolute atomic E-state index is 12.0. The Morgan fingerprint density at radius 2 is 2.21 bits per heavy atom. The molecule has 5 nitrogen and oxygen atoms in total. The SMILES string of the molecule is CN1CCN(C)C(CNC(=O)c2cccc(N)c2)C1. The number of likely N-dealkylation sites (N-methyl/N-ethyl adjacent to an activating group) is 2. The highest BCUT2D eigenvalue weighted by Crippen LogP contribution is 2.08. The molecule has 0 spiro atoms. The molecule has 1 amide bonds. The monoisotopic (exact) mass is 262 g/mol. The Labute approximate surface area is 114 Å². The van der Waals surface area contributed by atoms with Crippen LogP contribution in [0.1, 0.15) is 10.4 Å². The molecule has 19 heavy (non-hydrogen) atoms. The van der Waals surface area contributed by atoms with Crippen LogP contribution in [0.25, 0.3) is 0 Å². The van der Waals surface area contributed by atoms with Crippen LogP contribution < -0.4 is 11.1 Å². The second-order valence-electron chi connectivity index (χ2n) is 5.23. The summed E-state index contributed by atoms with van der Waals surface area (Å²) in [6, 6.07) is 7.42. The third-order valence-electron chi connectivity index (χ3n) is 3.63. The van der Waals surface area contributed by atoms with Gasteiger partial charge in [0.05, 0.1) is 0 Å². The first-order valence-electron chi connectivity index (χ1n) is 6.59. The summed E-state index contributed by atoms with van der Waals surface area (Å²) in [7, 11) is 4.21. The largest absolute Gasteiger partial charge is 0.399 e. The third kappa shape index (κ3) is 3.68. The van der Waals surface area contributed by atoms with E-state index in [-0.39, 0.29) is 5.91 Å². The van der Waals surface area contributed by atoms with Crippen molar-refractivity contribution in [3.05, 3.63) is 29.8 Å². The van der Waals surface area contributed by atoms with Crippen LogP contribution in [0.2, 0.25) is 0 Å². The highest BCUT2D eigenvalue weighted by Gasteiger charge is 2.22. The fraction of sp³-hybridized carbons (Fsp3) is 0.500. The molecule has 0 aromatic heterocycles. The number of hydrogen-bond donors (Lipinski definition) is 2. The second kappa shape index (κ2) is 6.04. The Hall–Kier alpha value is -1.59. The summed E-state index contributed by atoms with van der Waals surface area (Å²) in [5.41, 5.74) is 6.91. The molecule has 5 heteroatoms. The molecule has 1 aliphatic rings. The van der Waals surface area contributed by atoms with Gasteiger partial charge in [-0.2, -0.15) is 0 Å². The van der Waals surface area contributed by atoms with Crippen molar-refractivity contribution < 1.29 is 4.79 Å². The number of nitrogen functional groups attached to an aromatic ring is 1. The first-order valence-corrected chi connectivity index (χ1v) is 6.59. The number of hydrogen-bond acceptors (Lipinski definition) is 4. The summed E-state index contributed by atoms with van der Waals surface area (Å²) in [5.74, 6) is -0.0612. The Balaban J connectivity index is 1.89. The molecule has 1 saturated heterocycles. The van der Waals surface area contributed by atoms with E-state index in [9.17, 15) is 4.79 Å². The number of nitrogens with zero attached hydrogens (tertiary/aromatic N) is 2. The molecule has 1 heterocycles. The fourth-order valence-corrected chi connectivity index (χ4v) is 2.31. The highest BCUT2D eigenvalue weighted by molar-refractivity contribution is 5.94. The van der Waals surface area contributed by atoms with E-state index in [1.54, 1.807) is 24.3 Å². The van der Waals surface area contributed by atoms with Crippen LogP contribution in [0.5, 0.6) is 0 Å². The van der Waals surface area contributed by atoms with Crippen LogP contribution in [0.3, 0.4) is 0 Å². The second-order valence-corrected chi connectivity index (χ2v) is 5.23. The number of nitrogens with one attached hydrogen (secondary N) is 1. The van der Waals surface area contributed by atoms with E-state index in [0.29, 0.717) is 23.8 Å². The van der Waals surface area contributed by atoms with Crippen molar-refractivity contribution in [1.29, 1.82) is 0 Å². The summed E-state index contributed by atoms with van der Waals surface area (Å²) >= 11 is 0. The zero-order chi connectivity index (χ0) is 13.8. The van der Waals surface area contributed by atoms with E-state index in [1.165, 1.54) is 0 Å². The zero-order valence-electron chi connectivity index (χ0n) is 11.6. The minimum absolute atomic E-state index is 0.0612. The van der Waals surface area contributed by atoms with Crippen LogP contribution >= 0.6 is 0 Å². The lowest BCUT2D eigenvalue weighted by molar-refractivity contribution is 0.0881. The highest BCUT2D eigenvalue weighted by atomic mass is 16.1. The van der Waals surface area contributed by atoms with Crippen molar-refractivity contribution >= 4 is 11.6 Å². The average molecular weight is 262 g/mol. The van der Waals surface area contributed by atoms with Crippen molar-refractivity contribution in [2.75, 3.05) is 46.0 Å². The van der Waals surface area contributed by atoms with Gasteiger partial charge in [0.15, 0.2) is 0 Å². The van der Waals surface area contributed by atoms with E-state index in [0.717, 1.165) is 19.6 Å². The Morgan fingerprint density at radius 1 is 1.42 bits per heavy atom. The number of rotatable bonds is 3. The minimum atomic E-state index is -0.0612. The Bertz CT molecular complexity index is 449. The Kier molecular flexibility index (Phi) is 4.39. The summed E-state index contributed by atoms with van der Waals surface area (Å²) in [6.45, 7) is 3.76. The Morgan fingerprint density at radius 3 is 2.95 bits per heavy atom. The number of anilines is 1. The predicted octanol–water partition coefficient (Wildman–Crippen LogP) is 0.244. The van der Waals surface area contributed by atoms with Gasteiger partial charge in [-0.25, -0.2) is 0 Å². The van der Waals surface area contributed by atoms with E-state index in [2.05, 4.69) is 29.2 Å². The van der Waals surface area contributed by atoms with Crippen LogP contribution in [0, 0.1) is 0 Å². The third-order valence-corrected chi connectivity index (χ3v) is 3.63. The maximum atomic E-state index is 12.0.